The first kappa shape index (κ1) is 22.2. The van der Waals surface area contributed by atoms with Gasteiger partial charge in [0.05, 0.1) is 30.8 Å². The lowest BCUT2D eigenvalue weighted by atomic mass is 9.94. The van der Waals surface area contributed by atoms with Gasteiger partial charge in [-0.25, -0.2) is 15.0 Å². The number of halogens is 3. The van der Waals surface area contributed by atoms with E-state index in [-0.39, 0.29) is 41.5 Å². The van der Waals surface area contributed by atoms with Crippen LogP contribution >= 0.6 is 0 Å². The largest absolute Gasteiger partial charge is 0.434 e. The van der Waals surface area contributed by atoms with Crippen LogP contribution in [0.1, 0.15) is 48.1 Å². The molecule has 1 amide bonds. The van der Waals surface area contributed by atoms with Crippen molar-refractivity contribution in [1.82, 2.24) is 34.8 Å². The number of nitrogens with one attached hydrogen (secondary N) is 1. The molecule has 0 radical (unpaired) electrons. The molecule has 4 heterocycles. The Labute approximate surface area is 193 Å². The van der Waals surface area contributed by atoms with Gasteiger partial charge in [-0.1, -0.05) is 6.92 Å². The Balaban J connectivity index is 1.42. The van der Waals surface area contributed by atoms with Gasteiger partial charge in [-0.05, 0) is 44.2 Å². The highest BCUT2D eigenvalue weighted by Gasteiger charge is 2.53. The molecule has 1 saturated carbocycles. The minimum atomic E-state index is -4.54. The molecular formula is C22H23F3N8O. The fraction of sp³-hybridized carbons (Fsp3) is 0.455. The second kappa shape index (κ2) is 8.33. The van der Waals surface area contributed by atoms with Crippen LogP contribution in [-0.4, -0.2) is 58.9 Å². The molecule has 2 bridgehead atoms. The number of carbonyl (C=O) groups excluding carboxylic acids is 1. The molecule has 0 spiro atoms. The number of amides is 1. The van der Waals surface area contributed by atoms with Crippen LogP contribution < -0.4 is 5.32 Å². The summed E-state index contributed by atoms with van der Waals surface area (Å²) in [7, 11) is 0. The van der Waals surface area contributed by atoms with Gasteiger partial charge in [0.15, 0.2) is 11.4 Å². The molecule has 0 aromatic carbocycles. The smallest absolute Gasteiger partial charge is 0.364 e. The summed E-state index contributed by atoms with van der Waals surface area (Å²) in [5.74, 6) is 0.316. The molecule has 9 nitrogen and oxygen atoms in total. The van der Waals surface area contributed by atoms with E-state index in [9.17, 15) is 18.0 Å². The number of hydrogen-bond acceptors (Lipinski definition) is 7. The van der Waals surface area contributed by atoms with Crippen molar-refractivity contribution in [3.8, 4) is 5.69 Å². The first-order valence-electron chi connectivity index (χ1n) is 11.1. The molecule has 3 aromatic heterocycles. The van der Waals surface area contributed by atoms with Crippen LogP contribution in [0, 0.1) is 12.8 Å². The molecule has 1 aliphatic heterocycles. The number of aromatic nitrogens is 6. The lowest BCUT2D eigenvalue weighted by Gasteiger charge is -2.39. The van der Waals surface area contributed by atoms with E-state index in [0.717, 1.165) is 25.5 Å². The van der Waals surface area contributed by atoms with Gasteiger partial charge in [-0.15, -0.1) is 4.80 Å². The zero-order valence-corrected chi connectivity index (χ0v) is 18.6. The lowest BCUT2D eigenvalue weighted by molar-refractivity contribution is -0.141. The van der Waals surface area contributed by atoms with Crippen LogP contribution in [0.15, 0.2) is 36.9 Å². The number of alkyl halides is 3. The zero-order chi connectivity index (χ0) is 24.0. The Morgan fingerprint density at radius 3 is 2.56 bits per heavy atom. The Bertz CT molecular complexity index is 1180. The molecule has 5 rings (SSSR count). The molecule has 1 N–H and O–H groups in total. The number of pyridine rings is 1. The number of hydrogen-bond donors (Lipinski definition) is 1. The van der Waals surface area contributed by atoms with Crippen LogP contribution in [-0.2, 0) is 6.18 Å². The van der Waals surface area contributed by atoms with Gasteiger partial charge in [-0.2, -0.15) is 23.4 Å². The molecule has 0 unspecified atom stereocenters. The first-order chi connectivity index (χ1) is 16.3. The summed E-state index contributed by atoms with van der Waals surface area (Å²) in [6, 6.07) is 3.33. The van der Waals surface area contributed by atoms with E-state index < -0.39 is 11.9 Å². The number of aryl methyl sites for hydroxylation is 1. The lowest BCUT2D eigenvalue weighted by Crippen LogP contribution is -2.52. The predicted octanol–water partition coefficient (Wildman–Crippen LogP) is 3.27. The summed E-state index contributed by atoms with van der Waals surface area (Å²) in [5.41, 5.74) is 0.428. The standard InChI is InChI=1S/C22H23F3N8O/c1-3-15-13-8-14(31-19-11-26-18(10-27-19)22(23,24)25)17(9-13)32(15)21(34)20-16(5-4-12(2)30-20)33-28-6-7-29-33/h4-7,10-11,13-15,17H,3,8-9H2,1-2H3,(H,27,31)/t13-,14-,15-,17+/m1/s1. The van der Waals surface area contributed by atoms with Crippen LogP contribution in [0.2, 0.25) is 0 Å². The molecule has 34 heavy (non-hydrogen) atoms. The maximum absolute atomic E-state index is 13.8. The van der Waals surface area contributed by atoms with Crippen molar-refractivity contribution >= 4 is 11.7 Å². The van der Waals surface area contributed by atoms with Gasteiger partial charge in [-0.3, -0.25) is 4.79 Å². The third kappa shape index (κ3) is 3.86. The number of carbonyl (C=O) groups is 1. The van der Waals surface area contributed by atoms with Crippen molar-refractivity contribution in [2.45, 2.75) is 57.4 Å². The maximum Gasteiger partial charge on any atom is 0.434 e. The molecule has 4 atom stereocenters. The van der Waals surface area contributed by atoms with Gasteiger partial charge >= 0.3 is 6.18 Å². The van der Waals surface area contributed by atoms with E-state index in [1.807, 2.05) is 11.8 Å². The summed E-state index contributed by atoms with van der Waals surface area (Å²) >= 11 is 0. The number of anilines is 1. The first-order valence-corrected chi connectivity index (χ1v) is 11.1. The number of rotatable bonds is 5. The monoisotopic (exact) mass is 472 g/mol. The van der Waals surface area contributed by atoms with Gasteiger partial charge in [0, 0.05) is 17.8 Å². The molecule has 178 valence electrons. The maximum atomic E-state index is 13.8. The van der Waals surface area contributed by atoms with Crippen LogP contribution in [0.3, 0.4) is 0 Å². The number of piperidine rings is 1. The topological polar surface area (TPSA) is 102 Å². The van der Waals surface area contributed by atoms with Crippen molar-refractivity contribution in [2.75, 3.05) is 5.32 Å². The van der Waals surface area contributed by atoms with Crippen molar-refractivity contribution in [3.63, 3.8) is 0 Å². The van der Waals surface area contributed by atoms with Crippen LogP contribution in [0.4, 0.5) is 19.0 Å². The third-order valence-electron chi connectivity index (χ3n) is 6.60. The minimum Gasteiger partial charge on any atom is -0.364 e. The van der Waals surface area contributed by atoms with Gasteiger partial charge in [0.2, 0.25) is 0 Å². The SMILES string of the molecule is CC[C@@H]1[C@@H]2C[C@@H](Nc3cnc(C(F)(F)F)cn3)[C@H](C2)N1C(=O)c1nc(C)ccc1-n1nccn1. The van der Waals surface area contributed by atoms with Crippen molar-refractivity contribution < 1.29 is 18.0 Å². The van der Waals surface area contributed by atoms with E-state index in [1.165, 1.54) is 17.2 Å². The number of likely N-dealkylation sites (tertiary alicyclic amines) is 1. The highest BCUT2D eigenvalue weighted by molar-refractivity contribution is 5.96. The Morgan fingerprint density at radius 1 is 1.15 bits per heavy atom. The second-order valence-corrected chi connectivity index (χ2v) is 8.66. The molecule has 3 aromatic rings. The van der Waals surface area contributed by atoms with Crippen LogP contribution in [0.25, 0.3) is 5.69 Å². The summed E-state index contributed by atoms with van der Waals surface area (Å²) in [6.07, 6.45) is 2.72. The molecule has 12 heteroatoms. The summed E-state index contributed by atoms with van der Waals surface area (Å²) in [6.45, 7) is 3.87. The molecule has 1 aliphatic carbocycles. The average molecular weight is 472 g/mol. The van der Waals surface area contributed by atoms with E-state index in [4.69, 9.17) is 0 Å². The van der Waals surface area contributed by atoms with Crippen molar-refractivity contribution in [1.29, 1.82) is 0 Å². The minimum absolute atomic E-state index is 0.0509. The quantitative estimate of drug-likeness (QED) is 0.608. The van der Waals surface area contributed by atoms with Crippen molar-refractivity contribution in [3.05, 3.63) is 54.0 Å². The van der Waals surface area contributed by atoms with E-state index in [2.05, 4.69) is 37.4 Å². The Kier molecular flexibility index (Phi) is 5.45. The molecule has 1 saturated heterocycles. The summed E-state index contributed by atoms with van der Waals surface area (Å²) < 4.78 is 38.4. The highest BCUT2D eigenvalue weighted by atomic mass is 19.4. The Hall–Kier alpha value is -3.57. The van der Waals surface area contributed by atoms with Gasteiger partial charge < -0.3 is 10.2 Å². The van der Waals surface area contributed by atoms with Crippen LogP contribution in [0.5, 0.6) is 0 Å². The number of fused-ring (bicyclic) bond motifs is 2. The number of nitrogens with zero attached hydrogens (tertiary/aromatic N) is 7. The molecule has 2 aliphatic rings. The average Bonchev–Trinajstić information content (AvgIpc) is 3.54. The fourth-order valence-electron chi connectivity index (χ4n) is 5.20. The zero-order valence-electron chi connectivity index (χ0n) is 18.6. The van der Waals surface area contributed by atoms with E-state index >= 15 is 0 Å². The highest BCUT2D eigenvalue weighted by Crippen LogP contribution is 2.45. The fourth-order valence-corrected chi connectivity index (χ4v) is 5.20. The van der Waals surface area contributed by atoms with Crippen molar-refractivity contribution in [2.24, 2.45) is 5.92 Å². The normalized spacial score (nSPS) is 24.0. The van der Waals surface area contributed by atoms with Gasteiger partial charge in [0.1, 0.15) is 11.5 Å². The Morgan fingerprint density at radius 2 is 1.91 bits per heavy atom. The summed E-state index contributed by atoms with van der Waals surface area (Å²) in [4.78, 5) is 29.0. The third-order valence-corrected chi connectivity index (χ3v) is 6.60. The predicted molar refractivity (Wildman–Crippen MR) is 115 cm³/mol. The molecule has 2 fully saturated rings. The molecular weight excluding hydrogens is 449 g/mol. The summed E-state index contributed by atoms with van der Waals surface area (Å²) in [5, 5.41) is 11.5. The van der Waals surface area contributed by atoms with E-state index in [0.29, 0.717) is 17.6 Å². The van der Waals surface area contributed by atoms with Gasteiger partial charge in [0.25, 0.3) is 5.91 Å². The second-order valence-electron chi connectivity index (χ2n) is 8.66. The van der Waals surface area contributed by atoms with E-state index in [1.54, 1.807) is 12.1 Å².